The molecule has 0 saturated carbocycles. The molecule has 2 aromatic rings. The van der Waals surface area contributed by atoms with E-state index in [0.29, 0.717) is 16.6 Å². The predicted octanol–water partition coefficient (Wildman–Crippen LogP) is 4.43. The van der Waals surface area contributed by atoms with Gasteiger partial charge in [0.1, 0.15) is 0 Å². The summed E-state index contributed by atoms with van der Waals surface area (Å²) in [5.41, 5.74) is 0.387. The topological polar surface area (TPSA) is 42.2 Å². The van der Waals surface area contributed by atoms with Crippen LogP contribution in [0.2, 0.25) is 0 Å². The fourth-order valence-electron chi connectivity index (χ4n) is 2.47. The SMILES string of the molecule is CC(C(=O)O)c1cc2cc(C(F)(F)F)ccc2n1C(C)C. The number of hydrogen-bond donors (Lipinski definition) is 1. The van der Waals surface area contributed by atoms with E-state index in [9.17, 15) is 18.0 Å². The maximum absolute atomic E-state index is 12.8. The highest BCUT2D eigenvalue weighted by molar-refractivity contribution is 5.85. The monoisotopic (exact) mass is 299 g/mol. The van der Waals surface area contributed by atoms with Crippen molar-refractivity contribution in [2.45, 2.75) is 38.9 Å². The fourth-order valence-corrected chi connectivity index (χ4v) is 2.47. The lowest BCUT2D eigenvalue weighted by molar-refractivity contribution is -0.139. The highest BCUT2D eigenvalue weighted by atomic mass is 19.4. The molecule has 21 heavy (non-hydrogen) atoms. The van der Waals surface area contributed by atoms with Crippen molar-refractivity contribution in [3.8, 4) is 0 Å². The Hall–Kier alpha value is -1.98. The van der Waals surface area contributed by atoms with Crippen LogP contribution in [0.15, 0.2) is 24.3 Å². The van der Waals surface area contributed by atoms with Gasteiger partial charge in [0.25, 0.3) is 0 Å². The number of rotatable bonds is 3. The maximum Gasteiger partial charge on any atom is 0.416 e. The van der Waals surface area contributed by atoms with Gasteiger partial charge < -0.3 is 9.67 Å². The maximum atomic E-state index is 12.8. The number of carboxylic acids is 1. The number of benzene rings is 1. The first-order chi connectivity index (χ1) is 9.62. The van der Waals surface area contributed by atoms with E-state index in [4.69, 9.17) is 5.11 Å². The summed E-state index contributed by atoms with van der Waals surface area (Å²) in [6, 6.07) is 4.97. The van der Waals surface area contributed by atoms with E-state index in [1.54, 1.807) is 4.57 Å². The smallest absolute Gasteiger partial charge is 0.416 e. The zero-order chi connectivity index (χ0) is 15.9. The van der Waals surface area contributed by atoms with Crippen molar-refractivity contribution in [3.05, 3.63) is 35.5 Å². The minimum absolute atomic E-state index is 0.0453. The number of nitrogens with zero attached hydrogens (tertiary/aromatic N) is 1. The van der Waals surface area contributed by atoms with E-state index in [0.717, 1.165) is 12.1 Å². The van der Waals surface area contributed by atoms with E-state index in [1.165, 1.54) is 19.1 Å². The Morgan fingerprint density at radius 3 is 2.29 bits per heavy atom. The first-order valence-electron chi connectivity index (χ1n) is 6.57. The van der Waals surface area contributed by atoms with Crippen molar-refractivity contribution in [1.29, 1.82) is 0 Å². The van der Waals surface area contributed by atoms with Crippen molar-refractivity contribution in [3.63, 3.8) is 0 Å². The molecule has 0 aliphatic carbocycles. The van der Waals surface area contributed by atoms with Crippen molar-refractivity contribution >= 4 is 16.9 Å². The van der Waals surface area contributed by atoms with Crippen LogP contribution in [0.5, 0.6) is 0 Å². The van der Waals surface area contributed by atoms with Gasteiger partial charge >= 0.3 is 12.1 Å². The van der Waals surface area contributed by atoms with E-state index in [1.807, 2.05) is 13.8 Å². The van der Waals surface area contributed by atoms with Gasteiger partial charge in [-0.25, -0.2) is 0 Å². The number of hydrogen-bond acceptors (Lipinski definition) is 1. The Kier molecular flexibility index (Phi) is 3.74. The number of aliphatic carboxylic acids is 1. The van der Waals surface area contributed by atoms with Gasteiger partial charge in [0, 0.05) is 22.6 Å². The quantitative estimate of drug-likeness (QED) is 0.911. The van der Waals surface area contributed by atoms with Crippen molar-refractivity contribution in [1.82, 2.24) is 4.57 Å². The highest BCUT2D eigenvalue weighted by Gasteiger charge is 2.31. The number of halogens is 3. The fraction of sp³-hybridized carbons (Fsp3) is 0.400. The van der Waals surface area contributed by atoms with Gasteiger partial charge in [0.2, 0.25) is 0 Å². The van der Waals surface area contributed by atoms with Gasteiger partial charge in [-0.1, -0.05) is 0 Å². The van der Waals surface area contributed by atoms with Crippen LogP contribution in [0.25, 0.3) is 10.9 Å². The summed E-state index contributed by atoms with van der Waals surface area (Å²) >= 11 is 0. The second-order valence-corrected chi connectivity index (χ2v) is 5.36. The Bertz CT molecular complexity index is 686. The molecule has 1 heterocycles. The summed E-state index contributed by atoms with van der Waals surface area (Å²) in [5, 5.41) is 9.56. The lowest BCUT2D eigenvalue weighted by Crippen LogP contribution is -2.14. The number of carbonyl (C=O) groups is 1. The Morgan fingerprint density at radius 1 is 1.19 bits per heavy atom. The van der Waals surface area contributed by atoms with Crippen LogP contribution >= 0.6 is 0 Å². The molecule has 1 N–H and O–H groups in total. The van der Waals surface area contributed by atoms with E-state index in [2.05, 4.69) is 0 Å². The van der Waals surface area contributed by atoms with Gasteiger partial charge in [-0.2, -0.15) is 13.2 Å². The van der Waals surface area contributed by atoms with Crippen molar-refractivity contribution in [2.24, 2.45) is 0 Å². The molecule has 3 nitrogen and oxygen atoms in total. The summed E-state index contributed by atoms with van der Waals surface area (Å²) in [5.74, 6) is -1.79. The Balaban J connectivity index is 2.70. The minimum Gasteiger partial charge on any atom is -0.481 e. The number of carboxylic acid groups (broad SMARTS) is 1. The number of alkyl halides is 3. The lowest BCUT2D eigenvalue weighted by atomic mass is 10.1. The molecule has 0 radical (unpaired) electrons. The third-order valence-electron chi connectivity index (χ3n) is 3.53. The van der Waals surface area contributed by atoms with Crippen LogP contribution in [-0.2, 0) is 11.0 Å². The van der Waals surface area contributed by atoms with Crippen LogP contribution in [0, 0.1) is 0 Å². The molecule has 114 valence electrons. The molecule has 0 saturated heterocycles. The zero-order valence-electron chi connectivity index (χ0n) is 11.9. The van der Waals surface area contributed by atoms with E-state index >= 15 is 0 Å². The number of aromatic nitrogens is 1. The van der Waals surface area contributed by atoms with Gasteiger partial charge in [-0.3, -0.25) is 4.79 Å². The average molecular weight is 299 g/mol. The standard InChI is InChI=1S/C15H16F3NO2/c1-8(2)19-12-5-4-11(15(16,17)18)6-10(12)7-13(19)9(3)14(20)21/h4-9H,1-3H3,(H,20,21). The van der Waals surface area contributed by atoms with E-state index in [-0.39, 0.29) is 6.04 Å². The average Bonchev–Trinajstić information content (AvgIpc) is 2.74. The molecule has 0 amide bonds. The molecule has 0 fully saturated rings. The van der Waals surface area contributed by atoms with Crippen molar-refractivity contribution in [2.75, 3.05) is 0 Å². The van der Waals surface area contributed by atoms with Gasteiger partial charge in [-0.05, 0) is 45.0 Å². The summed E-state index contributed by atoms with van der Waals surface area (Å²) in [4.78, 5) is 11.2. The van der Waals surface area contributed by atoms with E-state index < -0.39 is 23.6 Å². The molecule has 1 atom stereocenters. The third-order valence-corrected chi connectivity index (χ3v) is 3.53. The molecular weight excluding hydrogens is 283 g/mol. The van der Waals surface area contributed by atoms with Crippen LogP contribution in [-0.4, -0.2) is 15.6 Å². The summed E-state index contributed by atoms with van der Waals surface area (Å²) in [7, 11) is 0. The molecule has 6 heteroatoms. The molecular formula is C15H16F3NO2. The first-order valence-corrected chi connectivity index (χ1v) is 6.57. The van der Waals surface area contributed by atoms with Crippen molar-refractivity contribution < 1.29 is 23.1 Å². The molecule has 0 bridgehead atoms. The van der Waals surface area contributed by atoms with Gasteiger partial charge in [0.05, 0.1) is 11.5 Å². The molecule has 1 aromatic heterocycles. The van der Waals surface area contributed by atoms with Crippen LogP contribution in [0.4, 0.5) is 13.2 Å². The number of fused-ring (bicyclic) bond motifs is 1. The second-order valence-electron chi connectivity index (χ2n) is 5.36. The van der Waals surface area contributed by atoms with Crippen LogP contribution in [0.3, 0.4) is 0 Å². The Morgan fingerprint density at radius 2 is 1.81 bits per heavy atom. The summed E-state index contributed by atoms with van der Waals surface area (Å²) in [6.07, 6.45) is -4.41. The third kappa shape index (κ3) is 2.75. The normalized spacial score (nSPS) is 13.9. The summed E-state index contributed by atoms with van der Waals surface area (Å²) < 4.78 is 40.1. The Labute approximate surface area is 120 Å². The van der Waals surface area contributed by atoms with Crippen LogP contribution < -0.4 is 0 Å². The summed E-state index contributed by atoms with van der Waals surface area (Å²) in [6.45, 7) is 5.27. The molecule has 0 aliphatic heterocycles. The molecule has 2 rings (SSSR count). The highest BCUT2D eigenvalue weighted by Crippen LogP contribution is 2.35. The molecule has 0 spiro atoms. The molecule has 1 aromatic carbocycles. The minimum atomic E-state index is -4.41. The molecule has 0 aliphatic rings. The lowest BCUT2D eigenvalue weighted by Gasteiger charge is -2.17. The largest absolute Gasteiger partial charge is 0.481 e. The second kappa shape index (κ2) is 5.09. The van der Waals surface area contributed by atoms with Crippen LogP contribution in [0.1, 0.15) is 44.0 Å². The first kappa shape index (κ1) is 15.4. The molecule has 1 unspecified atom stereocenters. The van der Waals surface area contributed by atoms with Gasteiger partial charge in [0.15, 0.2) is 0 Å². The van der Waals surface area contributed by atoms with Gasteiger partial charge in [-0.15, -0.1) is 0 Å². The zero-order valence-corrected chi connectivity index (χ0v) is 11.9. The predicted molar refractivity (Wildman–Crippen MR) is 73.4 cm³/mol.